The molecule has 0 aromatic heterocycles. The third kappa shape index (κ3) is 4.05. The van der Waals surface area contributed by atoms with Crippen molar-refractivity contribution in [3.63, 3.8) is 0 Å². The van der Waals surface area contributed by atoms with Gasteiger partial charge >= 0.3 is 0 Å². The molecule has 3 aliphatic rings. The first-order chi connectivity index (χ1) is 13.8. The Labute approximate surface area is 174 Å². The van der Waals surface area contributed by atoms with Crippen LogP contribution in [0.5, 0.6) is 0 Å². The van der Waals surface area contributed by atoms with Crippen molar-refractivity contribution in [3.8, 4) is 0 Å². The first-order valence-corrected chi connectivity index (χ1v) is 10.9. The molecule has 156 valence electrons. The number of carbonyl (C=O) groups is 2. The number of hydrogen-bond donors (Lipinski definition) is 0. The number of nitrogens with zero attached hydrogens (tertiary/aromatic N) is 3. The van der Waals surface area contributed by atoms with Gasteiger partial charge in [0, 0.05) is 51.0 Å². The van der Waals surface area contributed by atoms with E-state index in [1.165, 1.54) is 34.5 Å². The van der Waals surface area contributed by atoms with Crippen LogP contribution in [0.3, 0.4) is 0 Å². The average Bonchev–Trinajstić information content (AvgIpc) is 3.38. The molecule has 2 atom stereocenters. The Morgan fingerprint density at radius 3 is 2.55 bits per heavy atom. The van der Waals surface area contributed by atoms with Crippen molar-refractivity contribution in [2.24, 2.45) is 11.8 Å². The Balaban J connectivity index is 1.35. The van der Waals surface area contributed by atoms with E-state index < -0.39 is 0 Å². The normalized spacial score (nSPS) is 23.3. The zero-order valence-corrected chi connectivity index (χ0v) is 18.2. The van der Waals surface area contributed by atoms with Crippen molar-refractivity contribution in [1.29, 1.82) is 0 Å². The largest absolute Gasteiger partial charge is 0.369 e. The number of aryl methyl sites for hydroxylation is 1. The topological polar surface area (TPSA) is 43.9 Å². The molecule has 1 amide bonds. The number of likely N-dealkylation sites (N-methyl/N-ethyl adjacent to an activating group) is 1. The van der Waals surface area contributed by atoms with Gasteiger partial charge in [-0.1, -0.05) is 12.1 Å². The number of Topliss-reactive ketones (excluding diaryl/α,β-unsaturated/α-hetero) is 1. The number of amides is 1. The molecular formula is C24H33N3O2. The second kappa shape index (κ2) is 7.85. The number of ketones is 1. The molecule has 0 bridgehead atoms. The van der Waals surface area contributed by atoms with E-state index in [4.69, 9.17) is 0 Å². The summed E-state index contributed by atoms with van der Waals surface area (Å²) in [5.74, 6) is 1.75. The van der Waals surface area contributed by atoms with Gasteiger partial charge in [0.25, 0.3) is 0 Å². The fraction of sp³-hybridized carbons (Fsp3) is 0.583. The molecule has 1 saturated carbocycles. The molecule has 5 nitrogen and oxygen atoms in total. The molecule has 0 radical (unpaired) electrons. The van der Waals surface area contributed by atoms with Crippen molar-refractivity contribution in [2.75, 3.05) is 44.7 Å². The third-order valence-corrected chi connectivity index (χ3v) is 7.02. The molecule has 2 fully saturated rings. The van der Waals surface area contributed by atoms with E-state index in [9.17, 15) is 9.59 Å². The van der Waals surface area contributed by atoms with Crippen LogP contribution in [0.1, 0.15) is 37.3 Å². The van der Waals surface area contributed by atoms with Crippen LogP contribution < -0.4 is 4.90 Å². The first kappa shape index (κ1) is 20.0. The summed E-state index contributed by atoms with van der Waals surface area (Å²) >= 11 is 0. The average molecular weight is 396 g/mol. The molecule has 2 aliphatic carbocycles. The fourth-order valence-electron chi connectivity index (χ4n) is 5.07. The highest BCUT2D eigenvalue weighted by atomic mass is 16.2. The van der Waals surface area contributed by atoms with Crippen LogP contribution in [0.2, 0.25) is 0 Å². The highest BCUT2D eigenvalue weighted by Crippen LogP contribution is 2.56. The smallest absolute Gasteiger partial charge is 0.242 e. The third-order valence-electron chi connectivity index (χ3n) is 7.02. The Morgan fingerprint density at radius 2 is 1.86 bits per heavy atom. The first-order valence-electron chi connectivity index (χ1n) is 10.9. The second-order valence-corrected chi connectivity index (χ2v) is 9.10. The lowest BCUT2D eigenvalue weighted by atomic mass is 10.0. The number of carbonyl (C=O) groups excluding carboxylic acids is 2. The van der Waals surface area contributed by atoms with Gasteiger partial charge in [-0.2, -0.15) is 0 Å². The fourth-order valence-corrected chi connectivity index (χ4v) is 5.07. The number of rotatable bonds is 6. The molecule has 4 rings (SSSR count). The maximum Gasteiger partial charge on any atom is 0.242 e. The van der Waals surface area contributed by atoms with Crippen molar-refractivity contribution >= 4 is 17.4 Å². The lowest BCUT2D eigenvalue weighted by molar-refractivity contribution is -0.132. The molecule has 1 saturated heterocycles. The van der Waals surface area contributed by atoms with E-state index in [0.717, 1.165) is 38.5 Å². The summed E-state index contributed by atoms with van der Waals surface area (Å²) in [4.78, 5) is 31.1. The number of anilines is 1. The zero-order valence-electron chi connectivity index (χ0n) is 18.2. The van der Waals surface area contributed by atoms with Crippen molar-refractivity contribution in [1.82, 2.24) is 9.80 Å². The van der Waals surface area contributed by atoms with E-state index in [1.54, 1.807) is 6.92 Å². The van der Waals surface area contributed by atoms with Crippen molar-refractivity contribution in [3.05, 3.63) is 40.6 Å². The Bertz CT molecular complexity index is 852. The van der Waals surface area contributed by atoms with Crippen LogP contribution >= 0.6 is 0 Å². The van der Waals surface area contributed by atoms with Crippen LogP contribution in [0.4, 0.5) is 5.69 Å². The molecule has 5 heteroatoms. The van der Waals surface area contributed by atoms with E-state index in [2.05, 4.69) is 41.8 Å². The molecule has 1 aliphatic heterocycles. The number of allylic oxidation sites excluding steroid dienone is 2. The van der Waals surface area contributed by atoms with Gasteiger partial charge in [-0.05, 0) is 68.2 Å². The number of fused-ring (bicyclic) bond motifs is 1. The van der Waals surface area contributed by atoms with Crippen LogP contribution in [-0.2, 0) is 9.59 Å². The van der Waals surface area contributed by atoms with Gasteiger partial charge in [-0.3, -0.25) is 9.59 Å². The minimum absolute atomic E-state index is 0.198. The quantitative estimate of drug-likeness (QED) is 0.742. The summed E-state index contributed by atoms with van der Waals surface area (Å²) in [5.41, 5.74) is 6.49. The van der Waals surface area contributed by atoms with E-state index in [-0.39, 0.29) is 11.7 Å². The maximum absolute atomic E-state index is 12.9. The summed E-state index contributed by atoms with van der Waals surface area (Å²) < 4.78 is 0. The number of hydrogen-bond acceptors (Lipinski definition) is 4. The SMILES string of the molecule is CC(=O)CC1=C(N(C)CC(=O)N2CCN(c3cccc(C)c3C)CC2)C[C@H]2C[C@@H]12. The van der Waals surface area contributed by atoms with Gasteiger partial charge in [0.05, 0.1) is 6.54 Å². The van der Waals surface area contributed by atoms with Gasteiger partial charge in [-0.15, -0.1) is 0 Å². The molecule has 29 heavy (non-hydrogen) atoms. The Morgan fingerprint density at radius 1 is 1.14 bits per heavy atom. The second-order valence-electron chi connectivity index (χ2n) is 9.10. The summed E-state index contributed by atoms with van der Waals surface area (Å²) in [6.07, 6.45) is 2.83. The monoisotopic (exact) mass is 395 g/mol. The van der Waals surface area contributed by atoms with E-state index >= 15 is 0 Å². The number of piperazine rings is 1. The highest BCUT2D eigenvalue weighted by molar-refractivity contribution is 5.80. The summed E-state index contributed by atoms with van der Waals surface area (Å²) in [7, 11) is 2.02. The summed E-state index contributed by atoms with van der Waals surface area (Å²) in [6, 6.07) is 6.45. The Kier molecular flexibility index (Phi) is 5.41. The minimum Gasteiger partial charge on any atom is -0.369 e. The molecular weight excluding hydrogens is 362 g/mol. The predicted molar refractivity (Wildman–Crippen MR) is 116 cm³/mol. The standard InChI is InChI=1S/C24H33N3O2/c1-16-6-5-7-22(18(16)3)26-8-10-27(11-9-26)24(29)15-25(4)23-14-19-13-20(19)21(23)12-17(2)28/h5-7,19-20H,8-15H2,1-4H3/t19-,20-/m1/s1. The van der Waals surface area contributed by atoms with Crippen LogP contribution in [-0.4, -0.2) is 61.3 Å². The minimum atomic E-state index is 0.198. The lowest BCUT2D eigenvalue weighted by Gasteiger charge is -2.38. The summed E-state index contributed by atoms with van der Waals surface area (Å²) in [6.45, 7) is 9.70. The van der Waals surface area contributed by atoms with Crippen molar-refractivity contribution in [2.45, 2.75) is 40.0 Å². The van der Waals surface area contributed by atoms with Gasteiger partial charge in [0.2, 0.25) is 5.91 Å². The molecule has 1 aromatic carbocycles. The molecule has 0 N–H and O–H groups in total. The van der Waals surface area contributed by atoms with Crippen LogP contribution in [0.25, 0.3) is 0 Å². The van der Waals surface area contributed by atoms with Gasteiger partial charge < -0.3 is 14.7 Å². The molecule has 1 aromatic rings. The molecule has 0 spiro atoms. The highest BCUT2D eigenvalue weighted by Gasteiger charge is 2.47. The van der Waals surface area contributed by atoms with Gasteiger partial charge in [0.15, 0.2) is 0 Å². The van der Waals surface area contributed by atoms with Crippen LogP contribution in [0, 0.1) is 25.7 Å². The maximum atomic E-state index is 12.9. The van der Waals surface area contributed by atoms with Gasteiger partial charge in [0.1, 0.15) is 5.78 Å². The zero-order chi connectivity index (χ0) is 20.7. The number of benzene rings is 1. The summed E-state index contributed by atoms with van der Waals surface area (Å²) in [5, 5.41) is 0. The van der Waals surface area contributed by atoms with Crippen molar-refractivity contribution < 1.29 is 9.59 Å². The molecule has 1 heterocycles. The van der Waals surface area contributed by atoms with Gasteiger partial charge in [-0.25, -0.2) is 0 Å². The lowest BCUT2D eigenvalue weighted by Crippen LogP contribution is -2.51. The Hall–Kier alpha value is -2.30. The predicted octanol–water partition coefficient (Wildman–Crippen LogP) is 3.16. The van der Waals surface area contributed by atoms with Crippen LogP contribution in [0.15, 0.2) is 29.5 Å². The van der Waals surface area contributed by atoms with E-state index in [0.29, 0.717) is 18.9 Å². The molecule has 0 unspecified atom stereocenters. The van der Waals surface area contributed by atoms with E-state index in [1.807, 2.05) is 11.9 Å².